The molecule has 22 heavy (non-hydrogen) atoms. The minimum absolute atomic E-state index is 0.129. The van der Waals surface area contributed by atoms with Crippen LogP contribution in [0.25, 0.3) is 0 Å². The van der Waals surface area contributed by atoms with Gasteiger partial charge < -0.3 is 10.2 Å². The third-order valence-corrected chi connectivity index (χ3v) is 4.60. The molecule has 0 aliphatic carbocycles. The van der Waals surface area contributed by atoms with Crippen LogP contribution in [-0.2, 0) is 0 Å². The van der Waals surface area contributed by atoms with Gasteiger partial charge in [0.15, 0.2) is 0 Å². The van der Waals surface area contributed by atoms with Gasteiger partial charge in [0.25, 0.3) is 5.91 Å². The second kappa shape index (κ2) is 6.71. The number of para-hydroxylation sites is 1. The second-order valence-corrected chi connectivity index (χ2v) is 6.61. The molecule has 1 aliphatic rings. The Morgan fingerprint density at radius 2 is 1.77 bits per heavy atom. The van der Waals surface area contributed by atoms with Crippen LogP contribution in [0.3, 0.4) is 0 Å². The van der Waals surface area contributed by atoms with E-state index in [-0.39, 0.29) is 5.91 Å². The molecule has 0 spiro atoms. The highest BCUT2D eigenvalue weighted by molar-refractivity contribution is 9.10. The molecule has 0 unspecified atom stereocenters. The highest BCUT2D eigenvalue weighted by Crippen LogP contribution is 2.36. The van der Waals surface area contributed by atoms with Gasteiger partial charge >= 0.3 is 0 Å². The van der Waals surface area contributed by atoms with Gasteiger partial charge in [-0.1, -0.05) is 33.6 Å². The number of hydrogen-bond donors (Lipinski definition) is 1. The zero-order chi connectivity index (χ0) is 15.5. The van der Waals surface area contributed by atoms with Crippen molar-refractivity contribution in [3.05, 3.63) is 57.5 Å². The van der Waals surface area contributed by atoms with Crippen molar-refractivity contribution in [3.8, 4) is 0 Å². The maximum atomic E-state index is 12.4. The number of amides is 1. The molecule has 2 aromatic rings. The average Bonchev–Trinajstić information content (AvgIpc) is 3.02. The van der Waals surface area contributed by atoms with E-state index in [0.29, 0.717) is 10.6 Å². The summed E-state index contributed by atoms with van der Waals surface area (Å²) in [6, 6.07) is 12.9. The number of anilines is 2. The Balaban J connectivity index is 1.87. The van der Waals surface area contributed by atoms with Gasteiger partial charge in [-0.2, -0.15) is 0 Å². The van der Waals surface area contributed by atoms with Gasteiger partial charge in [0.2, 0.25) is 0 Å². The van der Waals surface area contributed by atoms with Crippen molar-refractivity contribution in [1.29, 1.82) is 0 Å². The minimum atomic E-state index is -0.129. The molecule has 5 heteroatoms. The maximum Gasteiger partial charge on any atom is 0.255 e. The Morgan fingerprint density at radius 3 is 2.45 bits per heavy atom. The Kier molecular flexibility index (Phi) is 4.69. The van der Waals surface area contributed by atoms with E-state index in [2.05, 4.69) is 26.1 Å². The van der Waals surface area contributed by atoms with E-state index in [1.54, 1.807) is 12.1 Å². The predicted molar refractivity (Wildman–Crippen MR) is 95.0 cm³/mol. The first kappa shape index (κ1) is 15.4. The van der Waals surface area contributed by atoms with Gasteiger partial charge in [0.1, 0.15) is 0 Å². The van der Waals surface area contributed by atoms with Crippen molar-refractivity contribution in [2.45, 2.75) is 12.8 Å². The van der Waals surface area contributed by atoms with Gasteiger partial charge in [0, 0.05) is 23.1 Å². The van der Waals surface area contributed by atoms with Gasteiger partial charge in [-0.15, -0.1) is 0 Å². The molecule has 0 atom stereocenters. The molecule has 1 amide bonds. The molecule has 1 aliphatic heterocycles. The second-order valence-electron chi connectivity index (χ2n) is 5.29. The molecule has 1 N–H and O–H groups in total. The SMILES string of the molecule is O=C(Nc1cccc(Cl)c1N1CCCC1)c1ccc(Br)cc1. The van der Waals surface area contributed by atoms with Crippen LogP contribution in [0, 0.1) is 0 Å². The lowest BCUT2D eigenvalue weighted by atomic mass is 10.2. The summed E-state index contributed by atoms with van der Waals surface area (Å²) in [4.78, 5) is 14.7. The summed E-state index contributed by atoms with van der Waals surface area (Å²) >= 11 is 9.73. The molecule has 1 saturated heterocycles. The van der Waals surface area contributed by atoms with Gasteiger partial charge in [0.05, 0.1) is 16.4 Å². The zero-order valence-corrected chi connectivity index (χ0v) is 14.3. The van der Waals surface area contributed by atoms with Crippen LogP contribution in [0.2, 0.25) is 5.02 Å². The van der Waals surface area contributed by atoms with Gasteiger partial charge in [-0.25, -0.2) is 0 Å². The summed E-state index contributed by atoms with van der Waals surface area (Å²) in [7, 11) is 0. The summed E-state index contributed by atoms with van der Waals surface area (Å²) in [6.45, 7) is 1.95. The van der Waals surface area contributed by atoms with Crippen LogP contribution in [0.1, 0.15) is 23.2 Å². The number of carbonyl (C=O) groups excluding carboxylic acids is 1. The third-order valence-electron chi connectivity index (χ3n) is 3.76. The van der Waals surface area contributed by atoms with Crippen molar-refractivity contribution in [2.24, 2.45) is 0 Å². The number of benzene rings is 2. The van der Waals surface area contributed by atoms with Crippen molar-refractivity contribution in [2.75, 3.05) is 23.3 Å². The monoisotopic (exact) mass is 378 g/mol. The summed E-state index contributed by atoms with van der Waals surface area (Å²) in [6.07, 6.45) is 2.32. The van der Waals surface area contributed by atoms with Crippen molar-refractivity contribution < 1.29 is 4.79 Å². The summed E-state index contributed by atoms with van der Waals surface area (Å²) in [5, 5.41) is 3.66. The van der Waals surface area contributed by atoms with Crippen LogP contribution >= 0.6 is 27.5 Å². The first-order valence-electron chi connectivity index (χ1n) is 7.25. The van der Waals surface area contributed by atoms with Crippen LogP contribution in [0.4, 0.5) is 11.4 Å². The van der Waals surface area contributed by atoms with E-state index >= 15 is 0 Å². The number of nitrogens with one attached hydrogen (secondary N) is 1. The predicted octanol–water partition coefficient (Wildman–Crippen LogP) is 4.96. The molecule has 0 aromatic heterocycles. The fourth-order valence-electron chi connectivity index (χ4n) is 2.67. The maximum absolute atomic E-state index is 12.4. The Morgan fingerprint density at radius 1 is 1.09 bits per heavy atom. The van der Waals surface area contributed by atoms with E-state index < -0.39 is 0 Å². The lowest BCUT2D eigenvalue weighted by Gasteiger charge is -2.23. The Hall–Kier alpha value is -1.52. The summed E-state index contributed by atoms with van der Waals surface area (Å²) < 4.78 is 0.949. The molecule has 2 aromatic carbocycles. The molecule has 1 heterocycles. The van der Waals surface area contributed by atoms with Crippen LogP contribution in [0.5, 0.6) is 0 Å². The van der Waals surface area contributed by atoms with Crippen molar-refractivity contribution in [1.82, 2.24) is 0 Å². The molecule has 1 fully saturated rings. The zero-order valence-electron chi connectivity index (χ0n) is 12.0. The van der Waals surface area contributed by atoms with Gasteiger partial charge in [-0.3, -0.25) is 4.79 Å². The van der Waals surface area contributed by atoms with Crippen molar-refractivity contribution in [3.63, 3.8) is 0 Å². The van der Waals surface area contributed by atoms with Gasteiger partial charge in [-0.05, 0) is 49.2 Å². The number of halogens is 2. The number of nitrogens with zero attached hydrogens (tertiary/aromatic N) is 1. The molecule has 3 rings (SSSR count). The van der Waals surface area contributed by atoms with E-state index in [1.807, 2.05) is 30.3 Å². The highest BCUT2D eigenvalue weighted by atomic mass is 79.9. The van der Waals surface area contributed by atoms with Crippen LogP contribution in [-0.4, -0.2) is 19.0 Å². The molecule has 3 nitrogen and oxygen atoms in total. The summed E-state index contributed by atoms with van der Waals surface area (Å²) in [5.74, 6) is -0.129. The topological polar surface area (TPSA) is 32.3 Å². The fraction of sp³-hybridized carbons (Fsp3) is 0.235. The highest BCUT2D eigenvalue weighted by Gasteiger charge is 2.20. The van der Waals surface area contributed by atoms with E-state index in [4.69, 9.17) is 11.6 Å². The molecule has 0 saturated carbocycles. The average molecular weight is 380 g/mol. The smallest absolute Gasteiger partial charge is 0.255 e. The lowest BCUT2D eigenvalue weighted by Crippen LogP contribution is -2.21. The molecule has 114 valence electrons. The van der Waals surface area contributed by atoms with Crippen molar-refractivity contribution >= 4 is 44.8 Å². The standard InChI is InChI=1S/C17H16BrClN2O/c18-13-8-6-12(7-9-13)17(22)20-15-5-3-4-14(19)16(15)21-10-1-2-11-21/h3-9H,1-2,10-11H2,(H,20,22). The first-order chi connectivity index (χ1) is 10.6. The Labute approximate surface area is 143 Å². The normalized spacial score (nSPS) is 14.2. The number of hydrogen-bond acceptors (Lipinski definition) is 2. The number of rotatable bonds is 3. The molecular formula is C17H16BrClN2O. The molecule has 0 bridgehead atoms. The summed E-state index contributed by atoms with van der Waals surface area (Å²) in [5.41, 5.74) is 2.31. The third kappa shape index (κ3) is 3.28. The molecule has 0 radical (unpaired) electrons. The van der Waals surface area contributed by atoms with E-state index in [9.17, 15) is 4.79 Å². The minimum Gasteiger partial charge on any atom is -0.369 e. The largest absolute Gasteiger partial charge is 0.369 e. The molecular weight excluding hydrogens is 364 g/mol. The Bertz CT molecular complexity index is 682. The number of carbonyl (C=O) groups is 1. The first-order valence-corrected chi connectivity index (χ1v) is 8.42. The van der Waals surface area contributed by atoms with Crippen LogP contribution in [0.15, 0.2) is 46.9 Å². The fourth-order valence-corrected chi connectivity index (χ4v) is 3.23. The lowest BCUT2D eigenvalue weighted by molar-refractivity contribution is 0.102. The quantitative estimate of drug-likeness (QED) is 0.818. The van der Waals surface area contributed by atoms with E-state index in [1.165, 1.54) is 0 Å². The van der Waals surface area contributed by atoms with E-state index in [0.717, 1.165) is 41.8 Å². The van der Waals surface area contributed by atoms with Crippen LogP contribution < -0.4 is 10.2 Å².